The van der Waals surface area contributed by atoms with Crippen molar-refractivity contribution in [1.29, 1.82) is 0 Å². The summed E-state index contributed by atoms with van der Waals surface area (Å²) in [6, 6.07) is 22.3. The van der Waals surface area contributed by atoms with Gasteiger partial charge < -0.3 is 25.7 Å². The zero-order valence-electron chi connectivity index (χ0n) is 31.9. The van der Waals surface area contributed by atoms with E-state index in [-0.39, 0.29) is 39.7 Å². The van der Waals surface area contributed by atoms with E-state index in [4.69, 9.17) is 10.5 Å². The molecule has 3 aliphatic rings. The molecule has 2 fully saturated rings. The molecule has 298 valence electrons. The van der Waals surface area contributed by atoms with E-state index in [0.717, 1.165) is 86.7 Å². The maximum Gasteiger partial charge on any atom is 0.264 e. The van der Waals surface area contributed by atoms with Crippen LogP contribution in [0.5, 0.6) is 5.75 Å². The highest BCUT2D eigenvalue weighted by atomic mass is 32.2. The number of primary amides is 1. The largest absolute Gasteiger partial charge is 0.497 e. The normalized spacial score (nSPS) is 20.9. The van der Waals surface area contributed by atoms with Gasteiger partial charge in [0.25, 0.3) is 15.9 Å². The van der Waals surface area contributed by atoms with Crippen molar-refractivity contribution >= 4 is 44.6 Å². The molecular formula is C42H51N5O8S. The highest BCUT2D eigenvalue weighted by molar-refractivity contribution is 7.90. The highest BCUT2D eigenvalue weighted by Crippen LogP contribution is 2.42. The van der Waals surface area contributed by atoms with Crippen LogP contribution in [-0.4, -0.2) is 68.2 Å². The Labute approximate surface area is 327 Å². The van der Waals surface area contributed by atoms with Crippen LogP contribution in [0, 0.1) is 11.8 Å². The summed E-state index contributed by atoms with van der Waals surface area (Å²) >= 11 is 0. The van der Waals surface area contributed by atoms with Crippen molar-refractivity contribution in [3.05, 3.63) is 94.6 Å². The average molecular weight is 786 g/mol. The summed E-state index contributed by atoms with van der Waals surface area (Å²) in [5, 5.41) is 3.49. The number of rotatable bonds is 3. The number of hydrogen-bond acceptors (Lipinski definition) is 8. The molecule has 7 rings (SSSR count). The summed E-state index contributed by atoms with van der Waals surface area (Å²) in [5.74, 6) is -0.337. The van der Waals surface area contributed by atoms with Crippen LogP contribution in [0.1, 0.15) is 81.5 Å². The monoisotopic (exact) mass is 785 g/mol. The predicted octanol–water partition coefficient (Wildman–Crippen LogP) is 5.29. The summed E-state index contributed by atoms with van der Waals surface area (Å²) in [6.07, 6.45) is 9.88. The van der Waals surface area contributed by atoms with E-state index >= 15 is 0 Å². The fraction of sp³-hybridized carbons (Fsp3) is 0.405. The number of carbonyl (C=O) groups excluding carboxylic acids is 4. The van der Waals surface area contributed by atoms with Crippen molar-refractivity contribution in [3.63, 3.8) is 0 Å². The molecule has 3 heterocycles. The first-order chi connectivity index (χ1) is 26.9. The van der Waals surface area contributed by atoms with E-state index in [1.807, 2.05) is 36.4 Å². The lowest BCUT2D eigenvalue weighted by atomic mass is 10.1. The summed E-state index contributed by atoms with van der Waals surface area (Å²) in [7, 11) is -2.35. The Bertz CT molecular complexity index is 2170. The molecule has 1 saturated carbocycles. The van der Waals surface area contributed by atoms with Crippen LogP contribution in [0.4, 0.5) is 0 Å². The average Bonchev–Trinajstić information content (AvgIpc) is 3.79. The minimum absolute atomic E-state index is 0.00950. The Balaban J connectivity index is 0.000000175. The third-order valence-electron chi connectivity index (χ3n) is 10.3. The number of pyridine rings is 1. The number of hydrogen-bond donors (Lipinski definition) is 4. The van der Waals surface area contributed by atoms with Gasteiger partial charge in [0, 0.05) is 54.7 Å². The summed E-state index contributed by atoms with van der Waals surface area (Å²) in [4.78, 5) is 63.0. The minimum atomic E-state index is -3.96. The fourth-order valence-corrected chi connectivity index (χ4v) is 8.15. The summed E-state index contributed by atoms with van der Waals surface area (Å²) in [5.41, 5.74) is 7.97. The highest BCUT2D eigenvalue weighted by Gasteiger charge is 2.43. The van der Waals surface area contributed by atoms with E-state index in [1.54, 1.807) is 31.4 Å². The standard InChI is InChI=1S/C19H26N2O4S.C16H13NO2.C7H12N2O2/c22-18-15-9-7-10-16(12-15)26(24,25)21-19(23)17-13-14(17)8-5-3-1-2-4-6-11-20-18;1-19-12-7-8-13-15(9-12)17-14(10-16(13)18)11-5-3-2-4-6-11;1-5(10)9-4-2-3-6(9)7(8)11/h7,9-10,12,14,17H,1-6,8,11,13H2,(H,20,22)(H,21,23);2-10H,1H3,(H,17,18);6H,2-4H2,1H3,(H2,8,11)/t14-,17+;;6-/m1.0/s1. The number of aromatic amines is 1. The maximum absolute atomic E-state index is 12.5. The smallest absolute Gasteiger partial charge is 0.264 e. The number of amides is 4. The predicted molar refractivity (Wildman–Crippen MR) is 214 cm³/mol. The van der Waals surface area contributed by atoms with Gasteiger partial charge in [0.05, 0.1) is 17.5 Å². The van der Waals surface area contributed by atoms with Gasteiger partial charge in [-0.3, -0.25) is 24.0 Å². The molecule has 3 atom stereocenters. The summed E-state index contributed by atoms with van der Waals surface area (Å²) in [6.45, 7) is 2.71. The Morgan fingerprint density at radius 3 is 2.23 bits per heavy atom. The number of nitrogens with zero attached hydrogens (tertiary/aromatic N) is 1. The van der Waals surface area contributed by atoms with Gasteiger partial charge >= 0.3 is 0 Å². The molecule has 4 amide bonds. The van der Waals surface area contributed by atoms with Crippen LogP contribution < -0.4 is 25.9 Å². The lowest BCUT2D eigenvalue weighted by Gasteiger charge is -2.19. The van der Waals surface area contributed by atoms with Gasteiger partial charge in [0.15, 0.2) is 5.43 Å². The molecule has 3 aromatic carbocycles. The number of nitrogens with one attached hydrogen (secondary N) is 3. The van der Waals surface area contributed by atoms with E-state index in [2.05, 4.69) is 15.0 Å². The molecule has 0 spiro atoms. The third kappa shape index (κ3) is 11.3. The van der Waals surface area contributed by atoms with Gasteiger partial charge in [-0.1, -0.05) is 68.5 Å². The molecule has 4 aromatic rings. The number of nitrogens with two attached hydrogens (primary N) is 1. The van der Waals surface area contributed by atoms with E-state index in [0.29, 0.717) is 24.4 Å². The molecule has 0 unspecified atom stereocenters. The second kappa shape index (κ2) is 19.4. The maximum atomic E-state index is 12.5. The minimum Gasteiger partial charge on any atom is -0.497 e. The fourth-order valence-electron chi connectivity index (χ4n) is 7.07. The molecule has 1 saturated heterocycles. The molecule has 2 bridgehead atoms. The van der Waals surface area contributed by atoms with E-state index in [9.17, 15) is 32.4 Å². The lowest BCUT2D eigenvalue weighted by molar-refractivity contribution is -0.135. The second-order valence-electron chi connectivity index (χ2n) is 14.4. The third-order valence-corrected chi connectivity index (χ3v) is 11.6. The molecule has 1 aliphatic carbocycles. The topological polar surface area (TPSA) is 198 Å². The van der Waals surface area contributed by atoms with Crippen LogP contribution >= 0.6 is 0 Å². The number of likely N-dealkylation sites (tertiary alicyclic amines) is 1. The van der Waals surface area contributed by atoms with E-state index < -0.39 is 21.8 Å². The Morgan fingerprint density at radius 1 is 0.821 bits per heavy atom. The van der Waals surface area contributed by atoms with Crippen molar-refractivity contribution in [2.75, 3.05) is 20.2 Å². The van der Waals surface area contributed by atoms with Crippen LogP contribution in [0.15, 0.2) is 88.6 Å². The molecule has 2 aliphatic heterocycles. The van der Waals surface area contributed by atoms with Crippen molar-refractivity contribution in [3.8, 4) is 17.0 Å². The van der Waals surface area contributed by atoms with Crippen molar-refractivity contribution in [1.82, 2.24) is 19.9 Å². The molecule has 56 heavy (non-hydrogen) atoms. The van der Waals surface area contributed by atoms with Crippen LogP contribution in [0.25, 0.3) is 22.2 Å². The van der Waals surface area contributed by atoms with Crippen LogP contribution in [0.2, 0.25) is 0 Å². The van der Waals surface area contributed by atoms with Crippen molar-refractivity contribution < 1.29 is 32.3 Å². The molecule has 13 nitrogen and oxygen atoms in total. The van der Waals surface area contributed by atoms with Crippen LogP contribution in [0.3, 0.4) is 0 Å². The second-order valence-corrected chi connectivity index (χ2v) is 16.0. The van der Waals surface area contributed by atoms with Crippen molar-refractivity contribution in [2.24, 2.45) is 17.6 Å². The quantitative estimate of drug-likeness (QED) is 0.215. The Hall–Kier alpha value is -5.50. The summed E-state index contributed by atoms with van der Waals surface area (Å²) < 4.78 is 32.3. The number of sulfonamides is 1. The van der Waals surface area contributed by atoms with E-state index in [1.165, 1.54) is 30.0 Å². The van der Waals surface area contributed by atoms with Crippen LogP contribution in [-0.2, 0) is 24.4 Å². The number of methoxy groups -OCH3 is 1. The number of fused-ring (bicyclic) bond motifs is 4. The first-order valence-electron chi connectivity index (χ1n) is 19.2. The molecule has 14 heteroatoms. The number of benzene rings is 3. The molecule has 1 aromatic heterocycles. The SMILES string of the molecule is CC(=O)N1CCC[C@H]1C(N)=O.COc1ccc2c(=O)cc(-c3ccccc3)[nH]c2c1.O=C1NCCCCCCCC[C@@H]2C[C@@H]2C(=O)NS(=O)(=O)c2cccc1c2. The van der Waals surface area contributed by atoms with Gasteiger partial charge in [-0.15, -0.1) is 0 Å². The Kier molecular flexibility index (Phi) is 14.4. The van der Waals surface area contributed by atoms with Crippen molar-refractivity contribution in [2.45, 2.75) is 82.1 Å². The first-order valence-corrected chi connectivity index (χ1v) is 20.6. The van der Waals surface area contributed by atoms with Gasteiger partial charge in [-0.2, -0.15) is 0 Å². The van der Waals surface area contributed by atoms with Gasteiger partial charge in [-0.05, 0) is 73.9 Å². The molecule has 5 N–H and O–H groups in total. The molecular weight excluding hydrogens is 735 g/mol. The van der Waals surface area contributed by atoms with Gasteiger partial charge in [0.1, 0.15) is 11.8 Å². The van der Waals surface area contributed by atoms with Gasteiger partial charge in [0.2, 0.25) is 17.7 Å². The number of carbonyl (C=O) groups is 4. The zero-order chi connectivity index (χ0) is 40.2. The Morgan fingerprint density at radius 2 is 1.54 bits per heavy atom. The lowest BCUT2D eigenvalue weighted by Crippen LogP contribution is -2.42. The zero-order valence-corrected chi connectivity index (χ0v) is 32.7. The number of ether oxygens (including phenoxy) is 1. The number of aromatic nitrogens is 1. The van der Waals surface area contributed by atoms with Gasteiger partial charge in [-0.25, -0.2) is 13.1 Å². The number of H-pyrrole nitrogens is 1. The molecule has 0 radical (unpaired) electrons. The first kappa shape index (κ1) is 41.7.